The molecule has 1 aliphatic carbocycles. The summed E-state index contributed by atoms with van der Waals surface area (Å²) in [4.78, 5) is 4.74. The Hall–Kier alpha value is -7.62. The molecule has 2 aliphatic rings. The molecule has 0 bridgehead atoms. The summed E-state index contributed by atoms with van der Waals surface area (Å²) >= 11 is 0. The second-order valence-electron chi connectivity index (χ2n) is 16.5. The summed E-state index contributed by atoms with van der Waals surface area (Å²) in [7, 11) is 0. The van der Waals surface area contributed by atoms with E-state index in [0.717, 1.165) is 56.6 Å². The van der Waals surface area contributed by atoms with Crippen LogP contribution < -0.4 is 14.5 Å². The number of para-hydroxylation sites is 3. The normalized spacial score (nSPS) is 13.1. The Morgan fingerprint density at radius 3 is 1.60 bits per heavy atom. The number of nitrogens with zero attached hydrogens (tertiary/aromatic N) is 2. The molecular formula is C57H40N2O. The van der Waals surface area contributed by atoms with Gasteiger partial charge in [-0.15, -0.1) is 0 Å². The van der Waals surface area contributed by atoms with Crippen molar-refractivity contribution in [2.24, 2.45) is 0 Å². The van der Waals surface area contributed by atoms with Crippen LogP contribution in [0, 0.1) is 0 Å². The summed E-state index contributed by atoms with van der Waals surface area (Å²) in [5, 5.41) is 7.14. The second kappa shape index (κ2) is 13.2. The van der Waals surface area contributed by atoms with Gasteiger partial charge in [0.15, 0.2) is 0 Å². The Bertz CT molecular complexity index is 3280. The Balaban J connectivity index is 1.04. The van der Waals surface area contributed by atoms with E-state index in [2.05, 4.69) is 230 Å². The van der Waals surface area contributed by atoms with Crippen molar-refractivity contribution in [3.05, 3.63) is 217 Å². The van der Waals surface area contributed by atoms with Crippen LogP contribution in [0.5, 0.6) is 11.5 Å². The van der Waals surface area contributed by atoms with Gasteiger partial charge in [-0.1, -0.05) is 135 Å². The summed E-state index contributed by atoms with van der Waals surface area (Å²) in [6.07, 6.45) is 0. The zero-order valence-corrected chi connectivity index (χ0v) is 33.4. The second-order valence-corrected chi connectivity index (χ2v) is 16.5. The summed E-state index contributed by atoms with van der Waals surface area (Å²) in [6, 6.07) is 74.7. The van der Waals surface area contributed by atoms with Gasteiger partial charge in [0.1, 0.15) is 11.5 Å². The lowest BCUT2D eigenvalue weighted by Crippen LogP contribution is -2.16. The third-order valence-corrected chi connectivity index (χ3v) is 12.8. The van der Waals surface area contributed by atoms with Crippen LogP contribution in [0.2, 0.25) is 0 Å². The molecule has 3 heteroatoms. The molecule has 0 radical (unpaired) electrons. The van der Waals surface area contributed by atoms with Crippen LogP contribution in [0.25, 0.3) is 54.6 Å². The molecule has 1 heterocycles. The number of fused-ring (bicyclic) bond motifs is 9. The standard InChI is InChI=1S/C57H40N2O/c1-57(2)51-27-15-14-24-43(51)44-31-29-40(33-52(44)57)58(37-17-6-3-7-18-37)41-30-32-46-50-35-48-42-23-12-13-25-45(42)53(59(38-19-8-4-9-20-38)39-21-10-5-11-22-39)36-49(48)47-26-16-28-54(56(47)50)60-55(46)34-41/h3-36H,1-2H3. The Morgan fingerprint density at radius 2 is 0.883 bits per heavy atom. The van der Waals surface area contributed by atoms with Gasteiger partial charge in [0, 0.05) is 56.3 Å². The predicted octanol–water partition coefficient (Wildman–Crippen LogP) is 16.2. The van der Waals surface area contributed by atoms with Crippen molar-refractivity contribution in [3.8, 4) is 33.8 Å². The minimum atomic E-state index is -0.110. The van der Waals surface area contributed by atoms with Crippen LogP contribution in [0.15, 0.2) is 206 Å². The quantitative estimate of drug-likeness (QED) is 0.157. The van der Waals surface area contributed by atoms with E-state index in [0.29, 0.717) is 0 Å². The van der Waals surface area contributed by atoms with E-state index in [1.54, 1.807) is 0 Å². The lowest BCUT2D eigenvalue weighted by atomic mass is 9.82. The molecule has 0 fully saturated rings. The molecule has 1 aliphatic heterocycles. The first-order chi connectivity index (χ1) is 29.5. The van der Waals surface area contributed by atoms with Crippen molar-refractivity contribution < 1.29 is 4.74 Å². The van der Waals surface area contributed by atoms with E-state index in [1.807, 2.05) is 0 Å². The molecule has 284 valence electrons. The summed E-state index contributed by atoms with van der Waals surface area (Å²) in [5.41, 5.74) is 14.1. The number of ether oxygens (including phenoxy) is 1. The van der Waals surface area contributed by atoms with Gasteiger partial charge >= 0.3 is 0 Å². The molecule has 0 amide bonds. The van der Waals surface area contributed by atoms with Gasteiger partial charge in [0.2, 0.25) is 0 Å². The minimum absolute atomic E-state index is 0.110. The number of hydrogen-bond donors (Lipinski definition) is 0. The van der Waals surface area contributed by atoms with Crippen molar-refractivity contribution in [3.63, 3.8) is 0 Å². The Labute approximate surface area is 350 Å². The fourth-order valence-corrected chi connectivity index (χ4v) is 10.0. The number of benzene rings is 10. The topological polar surface area (TPSA) is 15.7 Å². The van der Waals surface area contributed by atoms with E-state index in [1.165, 1.54) is 54.7 Å². The highest BCUT2D eigenvalue weighted by molar-refractivity contribution is 6.25. The van der Waals surface area contributed by atoms with Crippen molar-refractivity contribution in [1.29, 1.82) is 0 Å². The molecule has 12 rings (SSSR count). The summed E-state index contributed by atoms with van der Waals surface area (Å²) in [6.45, 7) is 4.69. The first-order valence-corrected chi connectivity index (χ1v) is 20.8. The van der Waals surface area contributed by atoms with E-state index >= 15 is 0 Å². The molecule has 0 atom stereocenters. The average Bonchev–Trinajstić information content (AvgIpc) is 3.53. The lowest BCUT2D eigenvalue weighted by molar-refractivity contribution is 0.487. The van der Waals surface area contributed by atoms with Gasteiger partial charge < -0.3 is 14.5 Å². The predicted molar refractivity (Wildman–Crippen MR) is 251 cm³/mol. The molecule has 10 aromatic rings. The van der Waals surface area contributed by atoms with Crippen LogP contribution >= 0.6 is 0 Å². The third-order valence-electron chi connectivity index (χ3n) is 12.8. The van der Waals surface area contributed by atoms with Crippen LogP contribution in [0.4, 0.5) is 34.1 Å². The molecule has 10 aromatic carbocycles. The number of rotatable bonds is 6. The average molecular weight is 769 g/mol. The Kier molecular flexibility index (Phi) is 7.58. The van der Waals surface area contributed by atoms with Crippen molar-refractivity contribution >= 4 is 66.4 Å². The molecule has 0 aromatic heterocycles. The number of hydrogen-bond acceptors (Lipinski definition) is 3. The molecule has 3 nitrogen and oxygen atoms in total. The zero-order valence-electron chi connectivity index (χ0n) is 33.4. The first-order valence-electron chi connectivity index (χ1n) is 20.8. The highest BCUT2D eigenvalue weighted by Crippen LogP contribution is 2.54. The van der Waals surface area contributed by atoms with Gasteiger partial charge in [0.25, 0.3) is 0 Å². The van der Waals surface area contributed by atoms with Crippen molar-refractivity contribution in [2.45, 2.75) is 19.3 Å². The van der Waals surface area contributed by atoms with E-state index in [-0.39, 0.29) is 5.41 Å². The smallest absolute Gasteiger partial charge is 0.137 e. The van der Waals surface area contributed by atoms with Crippen LogP contribution in [0.1, 0.15) is 25.0 Å². The van der Waals surface area contributed by atoms with Gasteiger partial charge in [-0.25, -0.2) is 0 Å². The molecule has 0 saturated heterocycles. The highest BCUT2D eigenvalue weighted by atomic mass is 16.5. The number of anilines is 6. The molecule has 0 spiro atoms. The SMILES string of the molecule is CC1(C)c2ccccc2-c2ccc(N(c3ccccc3)c3ccc4c(c3)Oc3cccc5c3c-4cc3c4ccccc4c(N(c4ccccc4)c4ccccc4)cc53)cc21. The first kappa shape index (κ1) is 34.4. The minimum Gasteiger partial charge on any atom is -0.456 e. The van der Waals surface area contributed by atoms with Crippen LogP contribution in [-0.4, -0.2) is 0 Å². The van der Waals surface area contributed by atoms with Crippen LogP contribution in [-0.2, 0) is 5.41 Å². The van der Waals surface area contributed by atoms with Gasteiger partial charge in [-0.05, 0) is 128 Å². The van der Waals surface area contributed by atoms with E-state index < -0.39 is 0 Å². The monoisotopic (exact) mass is 768 g/mol. The van der Waals surface area contributed by atoms with Crippen molar-refractivity contribution in [2.75, 3.05) is 9.80 Å². The van der Waals surface area contributed by atoms with Gasteiger partial charge in [0.05, 0.1) is 5.69 Å². The van der Waals surface area contributed by atoms with Crippen LogP contribution in [0.3, 0.4) is 0 Å². The zero-order chi connectivity index (χ0) is 40.0. The summed E-state index contributed by atoms with van der Waals surface area (Å²) in [5.74, 6) is 1.72. The highest BCUT2D eigenvalue weighted by Gasteiger charge is 2.36. The maximum absolute atomic E-state index is 6.98. The molecule has 0 saturated carbocycles. The molecule has 0 N–H and O–H groups in total. The third kappa shape index (κ3) is 5.15. The maximum Gasteiger partial charge on any atom is 0.137 e. The fourth-order valence-electron chi connectivity index (χ4n) is 10.0. The van der Waals surface area contributed by atoms with E-state index in [4.69, 9.17) is 4.74 Å². The fraction of sp³-hybridized carbons (Fsp3) is 0.0526. The maximum atomic E-state index is 6.98. The van der Waals surface area contributed by atoms with E-state index in [9.17, 15) is 0 Å². The van der Waals surface area contributed by atoms with Gasteiger partial charge in [-0.2, -0.15) is 0 Å². The van der Waals surface area contributed by atoms with Gasteiger partial charge in [-0.3, -0.25) is 0 Å². The molecule has 60 heavy (non-hydrogen) atoms. The largest absolute Gasteiger partial charge is 0.456 e. The lowest BCUT2D eigenvalue weighted by Gasteiger charge is -2.30. The molecule has 0 unspecified atom stereocenters. The summed E-state index contributed by atoms with van der Waals surface area (Å²) < 4.78 is 6.98. The van der Waals surface area contributed by atoms with Crippen molar-refractivity contribution in [1.82, 2.24) is 0 Å². The molecular weight excluding hydrogens is 729 g/mol. The Morgan fingerprint density at radius 1 is 0.333 bits per heavy atom.